The lowest BCUT2D eigenvalue weighted by atomic mass is 9.87. The smallest absolute Gasteiger partial charge is 0.337 e. The number of esters is 1. The number of amides is 1. The number of ether oxygens (including phenoxy) is 2. The van der Waals surface area contributed by atoms with Crippen LogP contribution in [-0.2, 0) is 19.1 Å². The maximum absolute atomic E-state index is 12.7. The molecule has 118 valence electrons. The van der Waals surface area contributed by atoms with E-state index in [1.165, 1.54) is 12.0 Å². The van der Waals surface area contributed by atoms with Gasteiger partial charge in [0.25, 0.3) is 0 Å². The Morgan fingerprint density at radius 2 is 2.24 bits per heavy atom. The first-order valence-corrected chi connectivity index (χ1v) is 7.04. The van der Waals surface area contributed by atoms with E-state index in [2.05, 4.69) is 6.58 Å². The molecule has 2 heterocycles. The fraction of sp³-hybridized carbons (Fsp3) is 0.733. The van der Waals surface area contributed by atoms with Crippen LogP contribution in [0, 0.1) is 11.3 Å². The summed E-state index contributed by atoms with van der Waals surface area (Å²) in [6.07, 6.45) is 0.147. The number of carbonyl (C=O) groups excluding carboxylic acids is 2. The number of nitrogens with zero attached hydrogens (tertiary/aromatic N) is 1. The van der Waals surface area contributed by atoms with Gasteiger partial charge in [-0.05, 0) is 6.42 Å². The standard InChI is InChI=1S/C15H23NO5/c1-6-7-9-10(17)15(13(19)20-5)8-21-12(14(2,3)4)16(15)11(9)18/h6,9-10,12,17H,1,7-8H2,2-5H3/t9-,10-,12+,15+/m0/s1. The molecule has 0 radical (unpaired) electrons. The molecule has 4 atom stereocenters. The van der Waals surface area contributed by atoms with Crippen molar-refractivity contribution in [2.75, 3.05) is 13.7 Å². The fourth-order valence-corrected chi connectivity index (χ4v) is 3.25. The van der Waals surface area contributed by atoms with Crippen LogP contribution in [0.1, 0.15) is 27.2 Å². The Labute approximate surface area is 124 Å². The van der Waals surface area contributed by atoms with E-state index in [1.54, 1.807) is 6.08 Å². The average Bonchev–Trinajstić information content (AvgIpc) is 2.90. The fourth-order valence-electron chi connectivity index (χ4n) is 3.25. The van der Waals surface area contributed by atoms with Crippen molar-refractivity contribution in [3.8, 4) is 0 Å². The van der Waals surface area contributed by atoms with E-state index >= 15 is 0 Å². The zero-order valence-corrected chi connectivity index (χ0v) is 13.0. The van der Waals surface area contributed by atoms with Gasteiger partial charge >= 0.3 is 5.97 Å². The normalized spacial score (nSPS) is 35.8. The van der Waals surface area contributed by atoms with Gasteiger partial charge in [0.1, 0.15) is 12.3 Å². The highest BCUT2D eigenvalue weighted by atomic mass is 16.6. The Balaban J connectivity index is 2.51. The summed E-state index contributed by atoms with van der Waals surface area (Å²) in [5.41, 5.74) is -1.83. The lowest BCUT2D eigenvalue weighted by Gasteiger charge is -2.36. The van der Waals surface area contributed by atoms with Gasteiger partial charge in [-0.2, -0.15) is 0 Å². The second-order valence-corrected chi connectivity index (χ2v) is 6.73. The first-order valence-electron chi connectivity index (χ1n) is 7.04. The summed E-state index contributed by atoms with van der Waals surface area (Å²) >= 11 is 0. The molecule has 0 saturated carbocycles. The van der Waals surface area contributed by atoms with Crippen LogP contribution in [0.5, 0.6) is 0 Å². The zero-order chi connectivity index (χ0) is 16.0. The van der Waals surface area contributed by atoms with E-state index in [0.29, 0.717) is 6.42 Å². The molecule has 2 fully saturated rings. The Morgan fingerprint density at radius 3 is 2.71 bits per heavy atom. The van der Waals surface area contributed by atoms with E-state index in [9.17, 15) is 14.7 Å². The van der Waals surface area contributed by atoms with Crippen LogP contribution >= 0.6 is 0 Å². The summed E-state index contributed by atoms with van der Waals surface area (Å²) in [5, 5.41) is 10.6. The Hall–Kier alpha value is -1.40. The molecule has 2 aliphatic rings. The zero-order valence-electron chi connectivity index (χ0n) is 13.0. The van der Waals surface area contributed by atoms with Crippen LogP contribution in [0.4, 0.5) is 0 Å². The van der Waals surface area contributed by atoms with Crippen LogP contribution in [0.25, 0.3) is 0 Å². The maximum atomic E-state index is 12.7. The number of aliphatic hydroxyl groups is 1. The minimum absolute atomic E-state index is 0.0534. The van der Waals surface area contributed by atoms with Crippen LogP contribution in [-0.4, -0.2) is 53.5 Å². The minimum atomic E-state index is -1.45. The van der Waals surface area contributed by atoms with Crippen molar-refractivity contribution >= 4 is 11.9 Å². The molecule has 0 spiro atoms. The Bertz CT molecular complexity index is 469. The van der Waals surface area contributed by atoms with Crippen LogP contribution in [0.3, 0.4) is 0 Å². The number of hydrogen-bond donors (Lipinski definition) is 1. The lowest BCUT2D eigenvalue weighted by molar-refractivity contribution is -0.161. The molecule has 0 aromatic rings. The predicted molar refractivity (Wildman–Crippen MR) is 75.1 cm³/mol. The van der Waals surface area contributed by atoms with Gasteiger partial charge in [-0.1, -0.05) is 26.8 Å². The van der Waals surface area contributed by atoms with Crippen LogP contribution in [0.2, 0.25) is 0 Å². The highest BCUT2D eigenvalue weighted by Gasteiger charge is 2.69. The van der Waals surface area contributed by atoms with E-state index < -0.39 is 29.8 Å². The first-order chi connectivity index (χ1) is 9.71. The maximum Gasteiger partial charge on any atom is 0.337 e. The molecule has 1 N–H and O–H groups in total. The number of fused-ring (bicyclic) bond motifs is 1. The van der Waals surface area contributed by atoms with Gasteiger partial charge in [0, 0.05) is 5.41 Å². The summed E-state index contributed by atoms with van der Waals surface area (Å²) in [5.74, 6) is -1.61. The third-order valence-corrected chi connectivity index (χ3v) is 4.25. The van der Waals surface area contributed by atoms with Crippen LogP contribution in [0.15, 0.2) is 12.7 Å². The molecule has 6 nitrogen and oxygen atoms in total. The summed E-state index contributed by atoms with van der Waals surface area (Å²) in [6.45, 7) is 9.33. The number of allylic oxidation sites excluding steroid dienone is 1. The highest BCUT2D eigenvalue weighted by Crippen LogP contribution is 2.47. The molecule has 2 rings (SSSR count). The first kappa shape index (κ1) is 16.0. The topological polar surface area (TPSA) is 76.1 Å². The van der Waals surface area contributed by atoms with Crippen molar-refractivity contribution in [3.05, 3.63) is 12.7 Å². The summed E-state index contributed by atoms with van der Waals surface area (Å²) in [7, 11) is 1.25. The number of hydrogen-bond acceptors (Lipinski definition) is 5. The number of rotatable bonds is 3. The number of aliphatic hydroxyl groups excluding tert-OH is 1. The molecular weight excluding hydrogens is 274 g/mol. The average molecular weight is 297 g/mol. The number of carbonyl (C=O) groups is 2. The van der Waals surface area contributed by atoms with E-state index in [4.69, 9.17) is 9.47 Å². The SMILES string of the molecule is C=CC[C@@H]1C(=O)N2[C@@H](C(C)(C)C)OC[C@]2(C(=O)OC)[C@H]1O. The lowest BCUT2D eigenvalue weighted by Crippen LogP contribution is -2.59. The predicted octanol–water partition coefficient (Wildman–Crippen LogP) is 0.696. The third kappa shape index (κ3) is 2.08. The molecule has 1 amide bonds. The van der Waals surface area contributed by atoms with Gasteiger partial charge < -0.3 is 14.6 Å². The van der Waals surface area contributed by atoms with Gasteiger partial charge in [-0.15, -0.1) is 6.58 Å². The molecule has 21 heavy (non-hydrogen) atoms. The molecular formula is C15H23NO5. The molecule has 0 bridgehead atoms. The van der Waals surface area contributed by atoms with Crippen molar-refractivity contribution in [1.82, 2.24) is 4.90 Å². The van der Waals surface area contributed by atoms with Crippen molar-refractivity contribution in [3.63, 3.8) is 0 Å². The molecule has 2 saturated heterocycles. The van der Waals surface area contributed by atoms with Gasteiger partial charge in [-0.3, -0.25) is 9.69 Å². The van der Waals surface area contributed by atoms with E-state index in [1.807, 2.05) is 20.8 Å². The second-order valence-electron chi connectivity index (χ2n) is 6.73. The van der Waals surface area contributed by atoms with E-state index in [-0.39, 0.29) is 17.9 Å². The monoisotopic (exact) mass is 297 g/mol. The van der Waals surface area contributed by atoms with Gasteiger partial charge in [-0.25, -0.2) is 4.79 Å². The van der Waals surface area contributed by atoms with Crippen molar-refractivity contribution in [1.29, 1.82) is 0 Å². The molecule has 0 aromatic carbocycles. The Kier molecular flexibility index (Phi) is 3.88. The summed E-state index contributed by atoms with van der Waals surface area (Å²) < 4.78 is 10.5. The molecule has 2 aliphatic heterocycles. The summed E-state index contributed by atoms with van der Waals surface area (Å²) in [4.78, 5) is 26.4. The minimum Gasteiger partial charge on any atom is -0.467 e. The van der Waals surface area contributed by atoms with Gasteiger partial charge in [0.05, 0.1) is 19.6 Å². The van der Waals surface area contributed by atoms with Gasteiger partial charge in [0.2, 0.25) is 5.91 Å². The molecule has 0 unspecified atom stereocenters. The number of methoxy groups -OCH3 is 1. The van der Waals surface area contributed by atoms with Crippen molar-refractivity contribution in [2.45, 2.75) is 45.1 Å². The second kappa shape index (κ2) is 5.10. The van der Waals surface area contributed by atoms with Crippen molar-refractivity contribution in [2.24, 2.45) is 11.3 Å². The largest absolute Gasteiger partial charge is 0.467 e. The third-order valence-electron chi connectivity index (χ3n) is 4.25. The van der Waals surface area contributed by atoms with Crippen molar-refractivity contribution < 1.29 is 24.2 Å². The molecule has 0 aliphatic carbocycles. The highest BCUT2D eigenvalue weighted by molar-refractivity contribution is 5.95. The quantitative estimate of drug-likeness (QED) is 0.613. The summed E-state index contributed by atoms with van der Waals surface area (Å²) in [6, 6.07) is 0. The van der Waals surface area contributed by atoms with Crippen LogP contribution < -0.4 is 0 Å². The van der Waals surface area contributed by atoms with E-state index in [0.717, 1.165) is 0 Å². The molecule has 0 aromatic heterocycles. The Morgan fingerprint density at radius 1 is 1.62 bits per heavy atom. The molecule has 6 heteroatoms. The van der Waals surface area contributed by atoms with Gasteiger partial charge in [0.15, 0.2) is 5.54 Å².